The van der Waals surface area contributed by atoms with Crippen molar-refractivity contribution in [1.29, 1.82) is 0 Å². The lowest BCUT2D eigenvalue weighted by Gasteiger charge is -2.33. The number of amides is 2. The number of carbonyl (C=O) groups excluding carboxylic acids is 2. The summed E-state index contributed by atoms with van der Waals surface area (Å²) in [4.78, 5) is 26.6. The highest BCUT2D eigenvalue weighted by molar-refractivity contribution is 9.10. The van der Waals surface area contributed by atoms with Gasteiger partial charge in [0.15, 0.2) is 0 Å². The Morgan fingerprint density at radius 1 is 1.07 bits per heavy atom. The minimum absolute atomic E-state index is 0.0810. The molecule has 0 saturated heterocycles. The van der Waals surface area contributed by atoms with Crippen molar-refractivity contribution >= 4 is 27.9 Å². The fraction of sp³-hybridized carbons (Fsp3) is 0.394. The van der Waals surface area contributed by atoms with E-state index in [0.29, 0.717) is 5.75 Å². The van der Waals surface area contributed by atoms with Gasteiger partial charge in [0.2, 0.25) is 5.91 Å². The third kappa shape index (κ3) is 9.23. The van der Waals surface area contributed by atoms with Gasteiger partial charge in [-0.05, 0) is 87.6 Å². The second-order valence-electron chi connectivity index (χ2n) is 11.9. The molecule has 0 bridgehead atoms. The number of fused-ring (bicyclic) bond motifs is 1. The van der Waals surface area contributed by atoms with Crippen molar-refractivity contribution in [2.24, 2.45) is 5.92 Å². The van der Waals surface area contributed by atoms with Crippen molar-refractivity contribution in [2.75, 3.05) is 6.61 Å². The molecular formula is C33H37BrF2N2O6. The number of halogens is 3. The van der Waals surface area contributed by atoms with Gasteiger partial charge in [0.1, 0.15) is 35.7 Å². The SMILES string of the molecule is CC(C)(C)OC(=O)N[C@@H](Cc1ccc(Br)cc1)[C@@H](O)C[C@@H](Cc1ccccc1F)C(=O)N[C@H]1c2cc(F)ccc2OC[C@H]1O. The van der Waals surface area contributed by atoms with Gasteiger partial charge >= 0.3 is 6.09 Å². The summed E-state index contributed by atoms with van der Waals surface area (Å²) in [5.74, 6) is -2.35. The van der Waals surface area contributed by atoms with E-state index in [2.05, 4.69) is 26.6 Å². The second-order valence-corrected chi connectivity index (χ2v) is 12.8. The van der Waals surface area contributed by atoms with Crippen LogP contribution in [0, 0.1) is 17.6 Å². The van der Waals surface area contributed by atoms with Gasteiger partial charge < -0.3 is 30.3 Å². The van der Waals surface area contributed by atoms with Crippen molar-refractivity contribution < 1.29 is 38.1 Å². The molecule has 4 rings (SSSR count). The number of alkyl carbamates (subject to hydrolysis) is 1. The van der Waals surface area contributed by atoms with Crippen LogP contribution in [0.15, 0.2) is 71.2 Å². The zero-order chi connectivity index (χ0) is 32.0. The number of carbonyl (C=O) groups is 2. The van der Waals surface area contributed by atoms with E-state index >= 15 is 0 Å². The largest absolute Gasteiger partial charge is 0.490 e. The summed E-state index contributed by atoms with van der Waals surface area (Å²) in [6.07, 6.45) is -3.22. The molecule has 0 aliphatic carbocycles. The van der Waals surface area contributed by atoms with Crippen LogP contribution < -0.4 is 15.4 Å². The first kappa shape index (κ1) is 33.4. The van der Waals surface area contributed by atoms with Gasteiger partial charge in [0, 0.05) is 16.0 Å². The van der Waals surface area contributed by atoms with Gasteiger partial charge in [-0.15, -0.1) is 0 Å². The molecule has 5 atom stereocenters. The summed E-state index contributed by atoms with van der Waals surface area (Å²) < 4.78 is 40.6. The molecule has 3 aromatic rings. The molecule has 1 heterocycles. The van der Waals surface area contributed by atoms with Gasteiger partial charge in [-0.3, -0.25) is 4.79 Å². The average Bonchev–Trinajstić information content (AvgIpc) is 2.95. The Labute approximate surface area is 263 Å². The predicted molar refractivity (Wildman–Crippen MR) is 164 cm³/mol. The summed E-state index contributed by atoms with van der Waals surface area (Å²) in [5.41, 5.74) is 0.544. The van der Waals surface area contributed by atoms with Crippen LogP contribution in [0.4, 0.5) is 13.6 Å². The zero-order valence-electron chi connectivity index (χ0n) is 24.7. The Hall–Kier alpha value is -3.54. The molecule has 3 aromatic carbocycles. The van der Waals surface area contributed by atoms with Gasteiger partial charge in [0.25, 0.3) is 0 Å². The Kier molecular flexibility index (Phi) is 11.0. The monoisotopic (exact) mass is 674 g/mol. The maximum Gasteiger partial charge on any atom is 0.407 e. The Balaban J connectivity index is 1.61. The molecule has 0 unspecified atom stereocenters. The Bertz CT molecular complexity index is 1450. The van der Waals surface area contributed by atoms with E-state index in [1.165, 1.54) is 30.3 Å². The number of hydrogen-bond acceptors (Lipinski definition) is 6. The molecule has 0 fully saturated rings. The van der Waals surface area contributed by atoms with E-state index in [1.807, 2.05) is 24.3 Å². The molecule has 11 heteroatoms. The summed E-state index contributed by atoms with van der Waals surface area (Å²) in [5, 5.41) is 27.7. The summed E-state index contributed by atoms with van der Waals surface area (Å²) >= 11 is 3.40. The third-order valence-corrected chi connectivity index (χ3v) is 7.78. The number of aliphatic hydroxyl groups is 2. The molecule has 8 nitrogen and oxygen atoms in total. The lowest BCUT2D eigenvalue weighted by atomic mass is 9.87. The molecular weight excluding hydrogens is 638 g/mol. The first-order valence-electron chi connectivity index (χ1n) is 14.3. The molecule has 0 radical (unpaired) electrons. The van der Waals surface area contributed by atoms with E-state index in [9.17, 15) is 28.6 Å². The van der Waals surface area contributed by atoms with E-state index in [-0.39, 0.29) is 37.0 Å². The van der Waals surface area contributed by atoms with Crippen LogP contribution in [0.2, 0.25) is 0 Å². The van der Waals surface area contributed by atoms with Crippen LogP contribution >= 0.6 is 15.9 Å². The quantitative estimate of drug-likeness (QED) is 0.229. The maximum atomic E-state index is 14.8. The molecule has 2 amide bonds. The zero-order valence-corrected chi connectivity index (χ0v) is 26.3. The van der Waals surface area contributed by atoms with E-state index in [4.69, 9.17) is 9.47 Å². The minimum atomic E-state index is -1.27. The molecule has 1 aliphatic rings. The highest BCUT2D eigenvalue weighted by atomic mass is 79.9. The Morgan fingerprint density at radius 3 is 2.45 bits per heavy atom. The number of ether oxygens (including phenoxy) is 2. The standard InChI is InChI=1S/C33H37BrF2N2O6/c1-33(2,3)44-32(42)37-26(14-19-8-10-22(34)11-9-19)27(39)16-21(15-20-6-4-5-7-25(20)36)31(41)38-30-24-17-23(35)12-13-29(24)43-18-28(30)40/h4-13,17,21,26-28,30,39-40H,14-16,18H2,1-3H3,(H,37,42)(H,38,41)/t21-,26+,27+,28-,30+/m1/s1. The molecule has 0 spiro atoms. The number of nitrogens with one attached hydrogen (secondary N) is 2. The van der Waals surface area contributed by atoms with Gasteiger partial charge in [0.05, 0.1) is 18.2 Å². The van der Waals surface area contributed by atoms with E-state index < -0.39 is 59.4 Å². The lowest BCUT2D eigenvalue weighted by molar-refractivity contribution is -0.128. The third-order valence-electron chi connectivity index (χ3n) is 7.26. The summed E-state index contributed by atoms with van der Waals surface area (Å²) in [6, 6.07) is 15.3. The fourth-order valence-corrected chi connectivity index (χ4v) is 5.37. The second kappa shape index (κ2) is 14.5. The molecule has 44 heavy (non-hydrogen) atoms. The highest BCUT2D eigenvalue weighted by Crippen LogP contribution is 2.33. The maximum absolute atomic E-state index is 14.8. The normalized spacial score (nSPS) is 18.3. The van der Waals surface area contributed by atoms with Crippen LogP contribution in [0.5, 0.6) is 5.75 Å². The van der Waals surface area contributed by atoms with E-state index in [0.717, 1.165) is 10.0 Å². The van der Waals surface area contributed by atoms with Crippen LogP contribution in [-0.2, 0) is 22.4 Å². The number of aliphatic hydroxyl groups excluding tert-OH is 2. The molecule has 0 aromatic heterocycles. The van der Waals surface area contributed by atoms with Gasteiger partial charge in [-0.2, -0.15) is 0 Å². The molecule has 0 saturated carbocycles. The predicted octanol–water partition coefficient (Wildman–Crippen LogP) is 5.38. The lowest BCUT2D eigenvalue weighted by Crippen LogP contribution is -2.49. The highest BCUT2D eigenvalue weighted by Gasteiger charge is 2.35. The number of benzene rings is 3. The first-order chi connectivity index (χ1) is 20.8. The average molecular weight is 676 g/mol. The smallest absolute Gasteiger partial charge is 0.407 e. The van der Waals surface area contributed by atoms with Crippen molar-refractivity contribution in [1.82, 2.24) is 10.6 Å². The summed E-state index contributed by atoms with van der Waals surface area (Å²) in [7, 11) is 0. The van der Waals surface area contributed by atoms with Crippen molar-refractivity contribution in [3.63, 3.8) is 0 Å². The minimum Gasteiger partial charge on any atom is -0.490 e. The van der Waals surface area contributed by atoms with Crippen molar-refractivity contribution in [3.05, 3.63) is 99.5 Å². The molecule has 1 aliphatic heterocycles. The van der Waals surface area contributed by atoms with Gasteiger partial charge in [-0.25, -0.2) is 13.6 Å². The topological polar surface area (TPSA) is 117 Å². The fourth-order valence-electron chi connectivity index (χ4n) is 5.10. The van der Waals surface area contributed by atoms with Crippen LogP contribution in [0.1, 0.15) is 49.9 Å². The van der Waals surface area contributed by atoms with Crippen LogP contribution in [0.3, 0.4) is 0 Å². The summed E-state index contributed by atoms with van der Waals surface area (Å²) in [6.45, 7) is 5.03. The number of rotatable bonds is 10. The van der Waals surface area contributed by atoms with E-state index in [1.54, 1.807) is 32.9 Å². The van der Waals surface area contributed by atoms with Crippen LogP contribution in [-0.4, -0.2) is 52.7 Å². The van der Waals surface area contributed by atoms with Crippen molar-refractivity contribution in [3.8, 4) is 5.75 Å². The van der Waals surface area contributed by atoms with Gasteiger partial charge in [-0.1, -0.05) is 46.3 Å². The van der Waals surface area contributed by atoms with Crippen molar-refractivity contribution in [2.45, 2.75) is 69.9 Å². The van der Waals surface area contributed by atoms with Crippen LogP contribution in [0.25, 0.3) is 0 Å². The number of hydrogen-bond donors (Lipinski definition) is 4. The first-order valence-corrected chi connectivity index (χ1v) is 15.1. The molecule has 236 valence electrons. The molecule has 4 N–H and O–H groups in total. The Morgan fingerprint density at radius 2 is 1.77 bits per heavy atom.